The van der Waals surface area contributed by atoms with Gasteiger partial charge in [-0.2, -0.15) is 0 Å². The van der Waals surface area contributed by atoms with E-state index in [1.807, 2.05) is 6.08 Å². The average molecular weight is 261 g/mol. The predicted octanol–water partition coefficient (Wildman–Crippen LogP) is 3.88. The number of allylic oxidation sites excluding steroid dienone is 1. The molecule has 0 heterocycles. The van der Waals surface area contributed by atoms with Crippen molar-refractivity contribution in [3.8, 4) is 0 Å². The van der Waals surface area contributed by atoms with Crippen molar-refractivity contribution in [1.82, 2.24) is 0 Å². The average Bonchev–Trinajstić information content (AvgIpc) is 2.27. The lowest BCUT2D eigenvalue weighted by molar-refractivity contribution is -0.198. The van der Waals surface area contributed by atoms with Gasteiger partial charge in [0.2, 0.25) is 0 Å². The van der Waals surface area contributed by atoms with E-state index in [9.17, 15) is 9.46 Å². The van der Waals surface area contributed by atoms with Crippen molar-refractivity contribution in [2.45, 2.75) is 58.3 Å². The Kier molecular flexibility index (Phi) is 10.9. The Balaban J connectivity index is 3.23. The van der Waals surface area contributed by atoms with Gasteiger partial charge in [-0.25, -0.2) is 0 Å². The molecule has 0 radical (unpaired) electrons. The maximum Gasteiger partial charge on any atom is 0.134 e. The van der Waals surface area contributed by atoms with Gasteiger partial charge in [0.15, 0.2) is 0 Å². The van der Waals surface area contributed by atoms with Gasteiger partial charge in [0.1, 0.15) is 7.60 Å². The molecular formula is C13H26O3P-. The summed E-state index contributed by atoms with van der Waals surface area (Å²) >= 11 is 0. The third kappa shape index (κ3) is 12.1. The van der Waals surface area contributed by atoms with Crippen molar-refractivity contribution in [3.63, 3.8) is 0 Å². The van der Waals surface area contributed by atoms with E-state index in [0.717, 1.165) is 25.7 Å². The van der Waals surface area contributed by atoms with E-state index in [2.05, 4.69) is 6.58 Å². The van der Waals surface area contributed by atoms with E-state index in [-0.39, 0.29) is 12.8 Å². The number of rotatable bonds is 12. The van der Waals surface area contributed by atoms with E-state index in [1.54, 1.807) is 6.92 Å². The summed E-state index contributed by atoms with van der Waals surface area (Å²) in [5.74, 6) is 0. The smallest absolute Gasteiger partial charge is 0.134 e. The van der Waals surface area contributed by atoms with Crippen molar-refractivity contribution >= 4 is 7.60 Å². The summed E-state index contributed by atoms with van der Waals surface area (Å²) in [6.07, 6.45) is 11.0. The van der Waals surface area contributed by atoms with Gasteiger partial charge in [0, 0.05) is 6.16 Å². The SMILES string of the molecule is C=CCCCCCCCCCP(=O)([O-])OCC. The van der Waals surface area contributed by atoms with Crippen molar-refractivity contribution in [2.75, 3.05) is 12.8 Å². The fourth-order valence-corrected chi connectivity index (χ4v) is 2.87. The molecule has 0 spiro atoms. The van der Waals surface area contributed by atoms with E-state index >= 15 is 0 Å². The predicted molar refractivity (Wildman–Crippen MR) is 71.2 cm³/mol. The Morgan fingerprint density at radius 2 is 1.65 bits per heavy atom. The first-order valence-electron chi connectivity index (χ1n) is 6.68. The highest BCUT2D eigenvalue weighted by Gasteiger charge is 2.05. The van der Waals surface area contributed by atoms with Gasteiger partial charge in [-0.1, -0.05) is 38.2 Å². The van der Waals surface area contributed by atoms with Crippen LogP contribution in [0, 0.1) is 0 Å². The zero-order valence-corrected chi connectivity index (χ0v) is 11.9. The van der Waals surface area contributed by atoms with Gasteiger partial charge in [0.25, 0.3) is 0 Å². The fourth-order valence-electron chi connectivity index (χ4n) is 1.74. The summed E-state index contributed by atoms with van der Waals surface area (Å²) in [5.41, 5.74) is 0. The minimum atomic E-state index is -3.52. The lowest BCUT2D eigenvalue weighted by Gasteiger charge is -2.22. The molecule has 0 aromatic rings. The van der Waals surface area contributed by atoms with Crippen LogP contribution in [0.4, 0.5) is 0 Å². The Morgan fingerprint density at radius 3 is 2.18 bits per heavy atom. The standard InChI is InChI=1S/C13H27O3P/c1-3-5-6-7-8-9-10-11-12-13-17(14,15)16-4-2/h3H,1,4-13H2,2H3,(H,14,15)/p-1. The summed E-state index contributed by atoms with van der Waals surface area (Å²) in [6, 6.07) is 0. The molecule has 0 rings (SSSR count). The molecule has 0 fully saturated rings. The maximum absolute atomic E-state index is 11.2. The Hall–Kier alpha value is -0.110. The number of hydrogen-bond acceptors (Lipinski definition) is 3. The highest BCUT2D eigenvalue weighted by atomic mass is 31.2. The summed E-state index contributed by atoms with van der Waals surface area (Å²) in [5, 5.41) is 0. The Labute approximate surface area is 106 Å². The first-order valence-corrected chi connectivity index (χ1v) is 8.40. The third-order valence-corrected chi connectivity index (χ3v) is 4.18. The summed E-state index contributed by atoms with van der Waals surface area (Å²) in [7, 11) is -3.52. The van der Waals surface area contributed by atoms with Crippen LogP contribution in [-0.2, 0) is 9.09 Å². The molecule has 0 aliphatic rings. The Bertz CT molecular complexity index is 229. The monoisotopic (exact) mass is 261 g/mol. The molecule has 0 saturated heterocycles. The van der Waals surface area contributed by atoms with Gasteiger partial charge in [-0.15, -0.1) is 6.58 Å². The molecule has 0 aliphatic carbocycles. The van der Waals surface area contributed by atoms with Crippen molar-refractivity contribution in [2.24, 2.45) is 0 Å². The molecule has 17 heavy (non-hydrogen) atoms. The molecule has 4 heteroatoms. The summed E-state index contributed by atoms with van der Waals surface area (Å²) in [6.45, 7) is 5.65. The van der Waals surface area contributed by atoms with E-state index in [1.165, 1.54) is 25.7 Å². The molecule has 0 amide bonds. The second-order valence-electron chi connectivity index (χ2n) is 4.30. The summed E-state index contributed by atoms with van der Waals surface area (Å²) in [4.78, 5) is 11.2. The molecule has 0 aliphatic heterocycles. The van der Waals surface area contributed by atoms with Crippen LogP contribution in [0.3, 0.4) is 0 Å². The van der Waals surface area contributed by atoms with Gasteiger partial charge >= 0.3 is 0 Å². The minimum absolute atomic E-state index is 0.192. The van der Waals surface area contributed by atoms with Crippen molar-refractivity contribution < 1.29 is 14.0 Å². The number of hydrogen-bond donors (Lipinski definition) is 0. The highest BCUT2D eigenvalue weighted by Crippen LogP contribution is 2.37. The van der Waals surface area contributed by atoms with Gasteiger partial charge in [-0.3, -0.25) is 0 Å². The first kappa shape index (κ1) is 16.9. The summed E-state index contributed by atoms with van der Waals surface area (Å²) < 4.78 is 15.9. The van der Waals surface area contributed by atoms with Gasteiger partial charge < -0.3 is 14.0 Å². The minimum Gasteiger partial charge on any atom is -0.778 e. The molecule has 0 bridgehead atoms. The lowest BCUT2D eigenvalue weighted by atomic mass is 10.1. The second kappa shape index (κ2) is 11.0. The van der Waals surface area contributed by atoms with Crippen LogP contribution in [0.25, 0.3) is 0 Å². The van der Waals surface area contributed by atoms with Crippen LogP contribution in [0.5, 0.6) is 0 Å². The van der Waals surface area contributed by atoms with Crippen LogP contribution < -0.4 is 4.89 Å². The van der Waals surface area contributed by atoms with Crippen LogP contribution >= 0.6 is 7.60 Å². The van der Waals surface area contributed by atoms with Crippen LogP contribution in [-0.4, -0.2) is 12.8 Å². The largest absolute Gasteiger partial charge is 0.778 e. The van der Waals surface area contributed by atoms with Crippen LogP contribution in [0.15, 0.2) is 12.7 Å². The number of unbranched alkanes of at least 4 members (excludes halogenated alkanes) is 7. The second-order valence-corrected chi connectivity index (χ2v) is 6.23. The highest BCUT2D eigenvalue weighted by molar-refractivity contribution is 7.51. The molecule has 3 nitrogen and oxygen atoms in total. The quantitative estimate of drug-likeness (QED) is 0.304. The molecule has 0 saturated carbocycles. The van der Waals surface area contributed by atoms with E-state index in [4.69, 9.17) is 4.52 Å². The van der Waals surface area contributed by atoms with E-state index < -0.39 is 7.60 Å². The van der Waals surface area contributed by atoms with Gasteiger partial charge in [0.05, 0.1) is 6.61 Å². The zero-order chi connectivity index (χ0) is 13.0. The molecule has 1 unspecified atom stereocenters. The first-order chi connectivity index (χ1) is 8.12. The lowest BCUT2D eigenvalue weighted by Crippen LogP contribution is -2.08. The molecule has 0 aromatic carbocycles. The third-order valence-electron chi connectivity index (χ3n) is 2.67. The van der Waals surface area contributed by atoms with Gasteiger partial charge in [-0.05, 0) is 26.2 Å². The van der Waals surface area contributed by atoms with E-state index in [0.29, 0.717) is 0 Å². The van der Waals surface area contributed by atoms with Crippen LogP contribution in [0.1, 0.15) is 58.3 Å². The Morgan fingerprint density at radius 1 is 1.12 bits per heavy atom. The normalized spacial score (nSPS) is 14.5. The fraction of sp³-hybridized carbons (Fsp3) is 0.846. The molecule has 0 aromatic heterocycles. The topological polar surface area (TPSA) is 49.4 Å². The zero-order valence-electron chi connectivity index (χ0n) is 11.0. The molecule has 0 N–H and O–H groups in total. The molecule has 1 atom stereocenters. The van der Waals surface area contributed by atoms with Crippen molar-refractivity contribution in [1.29, 1.82) is 0 Å². The molecule has 102 valence electrons. The molecular weight excluding hydrogens is 235 g/mol. The maximum atomic E-state index is 11.2. The van der Waals surface area contributed by atoms with Crippen LogP contribution in [0.2, 0.25) is 0 Å². The van der Waals surface area contributed by atoms with Crippen molar-refractivity contribution in [3.05, 3.63) is 12.7 Å².